The average Bonchev–Trinajstić information content (AvgIpc) is 2.97. The Bertz CT molecular complexity index is 922. The van der Waals surface area contributed by atoms with Crippen molar-refractivity contribution in [2.24, 2.45) is 0 Å². The molecule has 2 aliphatic rings. The fraction of sp³-hybridized carbons (Fsp3) is 0.435. The van der Waals surface area contributed by atoms with Gasteiger partial charge in [-0.2, -0.15) is 0 Å². The molecular formula is C23H27FN2O4. The lowest BCUT2D eigenvalue weighted by atomic mass is 9.82. The molecule has 2 aromatic rings. The van der Waals surface area contributed by atoms with Crippen LogP contribution in [0.3, 0.4) is 0 Å². The molecule has 2 aromatic carbocycles. The first kappa shape index (κ1) is 20.6. The number of amides is 1. The second kappa shape index (κ2) is 8.62. The van der Waals surface area contributed by atoms with Crippen LogP contribution in [0.1, 0.15) is 23.5 Å². The molecule has 30 heavy (non-hydrogen) atoms. The molecule has 1 amide bonds. The predicted molar refractivity (Wildman–Crippen MR) is 110 cm³/mol. The van der Waals surface area contributed by atoms with Crippen molar-refractivity contribution in [1.29, 1.82) is 0 Å². The largest absolute Gasteiger partial charge is 0.497 e. The number of hydrogen-bond acceptors (Lipinski definition) is 5. The van der Waals surface area contributed by atoms with Crippen molar-refractivity contribution in [3.05, 3.63) is 59.4 Å². The molecule has 2 fully saturated rings. The molecule has 0 radical (unpaired) electrons. The Kier molecular flexibility index (Phi) is 5.92. The zero-order valence-electron chi connectivity index (χ0n) is 17.3. The van der Waals surface area contributed by atoms with E-state index in [-0.39, 0.29) is 17.6 Å². The Morgan fingerprint density at radius 3 is 2.87 bits per heavy atom. The van der Waals surface area contributed by atoms with E-state index in [0.29, 0.717) is 39.3 Å². The first-order chi connectivity index (χ1) is 14.5. The highest BCUT2D eigenvalue weighted by Crippen LogP contribution is 2.39. The molecule has 6 nitrogen and oxygen atoms in total. The number of rotatable bonds is 5. The van der Waals surface area contributed by atoms with E-state index in [1.165, 1.54) is 6.07 Å². The Hall–Kier alpha value is -2.64. The van der Waals surface area contributed by atoms with Crippen LogP contribution >= 0.6 is 0 Å². The lowest BCUT2D eigenvalue weighted by Gasteiger charge is -2.34. The second-order valence-corrected chi connectivity index (χ2v) is 7.96. The van der Waals surface area contributed by atoms with Crippen LogP contribution in [0, 0.1) is 5.82 Å². The molecule has 0 aromatic heterocycles. The quantitative estimate of drug-likeness (QED) is 0.815. The van der Waals surface area contributed by atoms with Gasteiger partial charge in [-0.25, -0.2) is 4.39 Å². The topological polar surface area (TPSA) is 60.0 Å². The third-order valence-corrected chi connectivity index (χ3v) is 5.97. The van der Waals surface area contributed by atoms with Crippen molar-refractivity contribution in [3.63, 3.8) is 0 Å². The van der Waals surface area contributed by atoms with Gasteiger partial charge in [0.15, 0.2) is 0 Å². The number of carbonyl (C=O) groups is 1. The summed E-state index contributed by atoms with van der Waals surface area (Å²) < 4.78 is 30.6. The van der Waals surface area contributed by atoms with Crippen molar-refractivity contribution in [1.82, 2.24) is 10.2 Å². The molecule has 0 saturated carbocycles. The molecule has 0 bridgehead atoms. The van der Waals surface area contributed by atoms with Crippen LogP contribution in [0.15, 0.2) is 42.5 Å². The zero-order valence-corrected chi connectivity index (χ0v) is 17.3. The number of carbonyl (C=O) groups excluding carboxylic acids is 1. The first-order valence-corrected chi connectivity index (χ1v) is 10.1. The molecule has 1 spiro atoms. The van der Waals surface area contributed by atoms with Gasteiger partial charge in [0.05, 0.1) is 33.0 Å². The summed E-state index contributed by atoms with van der Waals surface area (Å²) in [6, 6.07) is 12.4. The van der Waals surface area contributed by atoms with Crippen LogP contribution in [0.2, 0.25) is 0 Å². The van der Waals surface area contributed by atoms with Gasteiger partial charge >= 0.3 is 0 Å². The Morgan fingerprint density at radius 2 is 2.10 bits per heavy atom. The number of benzene rings is 2. The average molecular weight is 414 g/mol. The Balaban J connectivity index is 1.64. The molecular weight excluding hydrogens is 387 g/mol. The van der Waals surface area contributed by atoms with Crippen molar-refractivity contribution in [2.45, 2.75) is 24.4 Å². The van der Waals surface area contributed by atoms with Crippen LogP contribution < -0.4 is 14.8 Å². The van der Waals surface area contributed by atoms with E-state index in [0.717, 1.165) is 22.6 Å². The van der Waals surface area contributed by atoms with Crippen LogP contribution in [-0.2, 0) is 16.1 Å². The summed E-state index contributed by atoms with van der Waals surface area (Å²) in [7, 11) is 3.26. The summed E-state index contributed by atoms with van der Waals surface area (Å²) >= 11 is 0. The maximum absolute atomic E-state index is 14.0. The zero-order chi connectivity index (χ0) is 21.1. The van der Waals surface area contributed by atoms with Gasteiger partial charge < -0.3 is 19.5 Å². The fourth-order valence-corrected chi connectivity index (χ4v) is 4.57. The monoisotopic (exact) mass is 414 g/mol. The maximum atomic E-state index is 14.0. The van der Waals surface area contributed by atoms with E-state index in [2.05, 4.69) is 10.2 Å². The summed E-state index contributed by atoms with van der Waals surface area (Å²) in [6.45, 7) is 2.71. The fourth-order valence-electron chi connectivity index (χ4n) is 4.57. The number of ether oxygens (including phenoxy) is 3. The number of likely N-dealkylation sites (tertiary alicyclic amines) is 1. The smallest absolute Gasteiger partial charge is 0.222 e. The van der Waals surface area contributed by atoms with Crippen LogP contribution in [0.25, 0.3) is 0 Å². The molecule has 7 heteroatoms. The molecule has 4 rings (SSSR count). The van der Waals surface area contributed by atoms with E-state index in [4.69, 9.17) is 14.2 Å². The maximum Gasteiger partial charge on any atom is 0.222 e. The highest BCUT2D eigenvalue weighted by molar-refractivity contribution is 5.77. The van der Waals surface area contributed by atoms with E-state index < -0.39 is 5.54 Å². The van der Waals surface area contributed by atoms with Gasteiger partial charge in [-0.05, 0) is 23.8 Å². The van der Waals surface area contributed by atoms with Crippen LogP contribution in [-0.4, -0.2) is 56.9 Å². The lowest BCUT2D eigenvalue weighted by Crippen LogP contribution is -2.55. The number of methoxy groups -OCH3 is 2. The minimum atomic E-state index is -0.596. The summed E-state index contributed by atoms with van der Waals surface area (Å²) in [5.41, 5.74) is 1.29. The second-order valence-electron chi connectivity index (χ2n) is 7.96. The lowest BCUT2D eigenvalue weighted by molar-refractivity contribution is -0.122. The van der Waals surface area contributed by atoms with Gasteiger partial charge in [-0.15, -0.1) is 0 Å². The third kappa shape index (κ3) is 4.13. The highest BCUT2D eigenvalue weighted by Gasteiger charge is 2.49. The number of halogens is 1. The number of nitrogens with zero attached hydrogens (tertiary/aromatic N) is 1. The Morgan fingerprint density at radius 1 is 1.23 bits per heavy atom. The number of nitrogens with one attached hydrogen (secondary N) is 1. The van der Waals surface area contributed by atoms with Crippen molar-refractivity contribution in [2.75, 3.05) is 40.5 Å². The van der Waals surface area contributed by atoms with Crippen molar-refractivity contribution >= 4 is 5.91 Å². The van der Waals surface area contributed by atoms with Crippen molar-refractivity contribution in [3.8, 4) is 11.5 Å². The van der Waals surface area contributed by atoms with Gasteiger partial charge in [0.1, 0.15) is 17.3 Å². The van der Waals surface area contributed by atoms with Gasteiger partial charge in [0, 0.05) is 43.6 Å². The predicted octanol–water partition coefficient (Wildman–Crippen LogP) is 2.72. The molecule has 2 atom stereocenters. The van der Waals surface area contributed by atoms with Crippen molar-refractivity contribution < 1.29 is 23.4 Å². The summed E-state index contributed by atoms with van der Waals surface area (Å²) in [5, 5.41) is 3.21. The molecule has 2 saturated heterocycles. The summed E-state index contributed by atoms with van der Waals surface area (Å²) in [5.74, 6) is 1.09. The number of hydrogen-bond donors (Lipinski definition) is 1. The Labute approximate surface area is 175 Å². The van der Waals surface area contributed by atoms with Gasteiger partial charge in [0.2, 0.25) is 5.91 Å². The standard InChI is InChI=1S/C23H27FN2O4/c1-28-19-7-6-17(21(11-19)29-2)12-26-13-20(16-4-3-5-18(24)10-16)23(14-26)15-30-9-8-22(27)25-23/h3-7,10-11,20H,8-9,12-15H2,1-2H3,(H,25,27)/t20-,23-/m0/s1. The highest BCUT2D eigenvalue weighted by atomic mass is 19.1. The molecule has 1 N–H and O–H groups in total. The van der Waals surface area contributed by atoms with E-state index in [9.17, 15) is 9.18 Å². The third-order valence-electron chi connectivity index (χ3n) is 5.97. The molecule has 160 valence electrons. The normalized spacial score (nSPS) is 24.5. The van der Waals surface area contributed by atoms with Crippen LogP contribution in [0.4, 0.5) is 4.39 Å². The minimum absolute atomic E-state index is 0.0298. The molecule has 2 heterocycles. The van der Waals surface area contributed by atoms with Crippen LogP contribution in [0.5, 0.6) is 11.5 Å². The summed E-state index contributed by atoms with van der Waals surface area (Å²) in [6.07, 6.45) is 0.337. The van der Waals surface area contributed by atoms with E-state index in [1.807, 2.05) is 24.3 Å². The van der Waals surface area contributed by atoms with Gasteiger partial charge in [-0.3, -0.25) is 9.69 Å². The minimum Gasteiger partial charge on any atom is -0.497 e. The van der Waals surface area contributed by atoms with E-state index in [1.54, 1.807) is 26.4 Å². The van der Waals surface area contributed by atoms with Gasteiger partial charge in [-0.1, -0.05) is 18.2 Å². The van der Waals surface area contributed by atoms with E-state index >= 15 is 0 Å². The SMILES string of the molecule is COc1ccc(CN2C[C@@H](c3cccc(F)c3)[C@@]3(COCCC(=O)N3)C2)c(OC)c1. The molecule has 0 aliphatic carbocycles. The first-order valence-electron chi connectivity index (χ1n) is 10.1. The molecule has 2 aliphatic heterocycles. The van der Waals surface area contributed by atoms with Gasteiger partial charge in [0.25, 0.3) is 0 Å². The molecule has 0 unspecified atom stereocenters. The summed E-state index contributed by atoms with van der Waals surface area (Å²) in [4.78, 5) is 14.7.